The van der Waals surface area contributed by atoms with E-state index >= 15 is 0 Å². The number of aryl methyl sites for hydroxylation is 2. The number of likely N-dealkylation sites (tertiary alicyclic amines) is 1. The van der Waals surface area contributed by atoms with E-state index in [2.05, 4.69) is 4.98 Å². The fourth-order valence-corrected chi connectivity index (χ4v) is 3.32. The summed E-state index contributed by atoms with van der Waals surface area (Å²) in [6.45, 7) is 3.19. The number of ether oxygens (including phenoxy) is 1. The van der Waals surface area contributed by atoms with Gasteiger partial charge >= 0.3 is 0 Å². The third-order valence-electron chi connectivity index (χ3n) is 4.71. The highest BCUT2D eigenvalue weighted by molar-refractivity contribution is 6.32. The second-order valence-corrected chi connectivity index (χ2v) is 7.42. The largest absolute Gasteiger partial charge is 0.489 e. The third kappa shape index (κ3) is 4.37. The first kappa shape index (κ1) is 18.7. The number of aromatic nitrogens is 2. The van der Waals surface area contributed by atoms with Gasteiger partial charge in [0, 0.05) is 26.3 Å². The van der Waals surface area contributed by atoms with Gasteiger partial charge in [0.25, 0.3) is 5.91 Å². The molecule has 26 heavy (non-hydrogen) atoms. The highest BCUT2D eigenvalue weighted by atomic mass is 35.5. The molecule has 1 aliphatic heterocycles. The first-order chi connectivity index (χ1) is 12.4. The minimum Gasteiger partial charge on any atom is -0.489 e. The van der Waals surface area contributed by atoms with E-state index in [0.717, 1.165) is 5.56 Å². The van der Waals surface area contributed by atoms with Crippen molar-refractivity contribution in [1.29, 1.82) is 0 Å². The topological polar surface area (TPSA) is 67.6 Å². The van der Waals surface area contributed by atoms with Crippen molar-refractivity contribution in [3.8, 4) is 5.75 Å². The van der Waals surface area contributed by atoms with Gasteiger partial charge in [0.05, 0.1) is 11.3 Å². The Kier molecular flexibility index (Phi) is 5.53. The van der Waals surface area contributed by atoms with E-state index in [1.54, 1.807) is 28.1 Å². The summed E-state index contributed by atoms with van der Waals surface area (Å²) in [5, 5.41) is 11.4. The van der Waals surface area contributed by atoms with Gasteiger partial charge in [0.1, 0.15) is 23.7 Å². The Labute approximate surface area is 158 Å². The molecule has 1 aromatic carbocycles. The minimum atomic E-state index is -0.980. The van der Waals surface area contributed by atoms with Crippen LogP contribution in [0.3, 0.4) is 0 Å². The summed E-state index contributed by atoms with van der Waals surface area (Å²) in [6.07, 6.45) is 5.06. The van der Waals surface area contributed by atoms with Crippen LogP contribution in [0.1, 0.15) is 35.3 Å². The van der Waals surface area contributed by atoms with Gasteiger partial charge in [-0.1, -0.05) is 17.7 Å². The van der Waals surface area contributed by atoms with E-state index in [-0.39, 0.29) is 12.5 Å². The molecule has 2 aromatic rings. The number of carbonyl (C=O) groups is 1. The summed E-state index contributed by atoms with van der Waals surface area (Å²) in [5.41, 5.74) is 0.497. The van der Waals surface area contributed by atoms with Crippen molar-refractivity contribution in [1.82, 2.24) is 14.5 Å². The van der Waals surface area contributed by atoms with Gasteiger partial charge in [0.15, 0.2) is 0 Å². The summed E-state index contributed by atoms with van der Waals surface area (Å²) in [4.78, 5) is 18.4. The van der Waals surface area contributed by atoms with Crippen molar-refractivity contribution in [2.24, 2.45) is 7.05 Å². The van der Waals surface area contributed by atoms with Gasteiger partial charge in [-0.15, -0.1) is 0 Å². The van der Waals surface area contributed by atoms with Gasteiger partial charge < -0.3 is 19.3 Å². The van der Waals surface area contributed by atoms with Crippen LogP contribution in [0.15, 0.2) is 30.7 Å². The molecular formula is C19H24ClN3O3. The maximum absolute atomic E-state index is 12.6. The predicted octanol–water partition coefficient (Wildman–Crippen LogP) is 2.82. The Morgan fingerprint density at radius 3 is 2.92 bits per heavy atom. The zero-order valence-electron chi connectivity index (χ0n) is 15.1. The van der Waals surface area contributed by atoms with Crippen LogP contribution in [0, 0.1) is 6.92 Å². The molecule has 1 aromatic heterocycles. The predicted molar refractivity (Wildman–Crippen MR) is 99.6 cm³/mol. The lowest BCUT2D eigenvalue weighted by Gasteiger charge is -2.27. The van der Waals surface area contributed by atoms with E-state index in [0.29, 0.717) is 48.8 Å². The van der Waals surface area contributed by atoms with Crippen molar-refractivity contribution in [2.75, 3.05) is 19.7 Å². The lowest BCUT2D eigenvalue weighted by atomic mass is 9.96. The monoisotopic (exact) mass is 377 g/mol. The highest BCUT2D eigenvalue weighted by Gasteiger charge is 2.33. The standard InChI is InChI=1S/C19H24ClN3O3/c1-14-4-5-15(20)17(10-14)26-12-19(25)6-3-8-23(9-7-19)18(24)16-11-22(2)13-21-16/h4-5,10-11,13,25H,3,6-9,12H2,1-2H3. The second-order valence-electron chi connectivity index (χ2n) is 7.02. The van der Waals surface area contributed by atoms with Gasteiger partial charge in [-0.05, 0) is 43.9 Å². The third-order valence-corrected chi connectivity index (χ3v) is 5.02. The quantitative estimate of drug-likeness (QED) is 0.889. The molecule has 2 heterocycles. The van der Waals surface area contributed by atoms with Crippen LogP contribution in [-0.4, -0.2) is 50.8 Å². The molecule has 0 spiro atoms. The first-order valence-corrected chi connectivity index (χ1v) is 9.13. The van der Waals surface area contributed by atoms with Crippen LogP contribution in [0.2, 0.25) is 5.02 Å². The Hall–Kier alpha value is -2.05. The second kappa shape index (κ2) is 7.68. The summed E-state index contributed by atoms with van der Waals surface area (Å²) in [5.74, 6) is 0.475. The number of imidazole rings is 1. The van der Waals surface area contributed by atoms with Crippen LogP contribution >= 0.6 is 11.6 Å². The Bertz CT molecular complexity index is 792. The number of hydrogen-bond donors (Lipinski definition) is 1. The average Bonchev–Trinajstić information content (AvgIpc) is 2.95. The lowest BCUT2D eigenvalue weighted by Crippen LogP contribution is -2.38. The molecule has 1 N–H and O–H groups in total. The maximum atomic E-state index is 12.6. The summed E-state index contributed by atoms with van der Waals surface area (Å²) >= 11 is 6.16. The first-order valence-electron chi connectivity index (χ1n) is 8.75. The molecule has 1 aliphatic rings. The zero-order chi connectivity index (χ0) is 18.7. The van der Waals surface area contributed by atoms with E-state index in [9.17, 15) is 9.90 Å². The number of amides is 1. The molecule has 0 bridgehead atoms. The molecule has 0 radical (unpaired) electrons. The highest BCUT2D eigenvalue weighted by Crippen LogP contribution is 2.29. The van der Waals surface area contributed by atoms with Gasteiger partial charge in [0.2, 0.25) is 0 Å². The van der Waals surface area contributed by atoms with Crippen LogP contribution in [0.4, 0.5) is 0 Å². The molecule has 1 unspecified atom stereocenters. The molecule has 0 saturated carbocycles. The number of benzene rings is 1. The van der Waals surface area contributed by atoms with Crippen LogP contribution in [0.25, 0.3) is 0 Å². The maximum Gasteiger partial charge on any atom is 0.274 e. The van der Waals surface area contributed by atoms with Crippen molar-refractivity contribution < 1.29 is 14.6 Å². The van der Waals surface area contributed by atoms with E-state index in [1.807, 2.05) is 26.1 Å². The molecule has 1 amide bonds. The molecule has 1 atom stereocenters. The van der Waals surface area contributed by atoms with Crippen molar-refractivity contribution in [2.45, 2.75) is 31.8 Å². The summed E-state index contributed by atoms with van der Waals surface area (Å²) in [6, 6.07) is 5.56. The summed E-state index contributed by atoms with van der Waals surface area (Å²) in [7, 11) is 1.83. The number of carbonyl (C=O) groups excluding carboxylic acids is 1. The SMILES string of the molecule is Cc1ccc(Cl)c(OCC2(O)CCCN(C(=O)c3cn(C)cn3)CC2)c1. The number of nitrogens with zero attached hydrogens (tertiary/aromatic N) is 3. The van der Waals surface area contributed by atoms with E-state index < -0.39 is 5.60 Å². The number of rotatable bonds is 4. The molecule has 7 heteroatoms. The van der Waals surface area contributed by atoms with Gasteiger partial charge in [-0.2, -0.15) is 0 Å². The smallest absolute Gasteiger partial charge is 0.274 e. The normalized spacial score (nSPS) is 20.7. The molecule has 3 rings (SSSR count). The van der Waals surface area contributed by atoms with Gasteiger partial charge in [-0.3, -0.25) is 4.79 Å². The number of hydrogen-bond acceptors (Lipinski definition) is 4. The molecular weight excluding hydrogens is 354 g/mol. The minimum absolute atomic E-state index is 0.0995. The lowest BCUT2D eigenvalue weighted by molar-refractivity contribution is -0.0163. The number of halogens is 1. The van der Waals surface area contributed by atoms with Crippen LogP contribution in [0.5, 0.6) is 5.75 Å². The van der Waals surface area contributed by atoms with Crippen molar-refractivity contribution in [3.63, 3.8) is 0 Å². The molecule has 0 aliphatic carbocycles. The van der Waals surface area contributed by atoms with Crippen LogP contribution in [-0.2, 0) is 7.05 Å². The van der Waals surface area contributed by atoms with E-state index in [4.69, 9.17) is 16.3 Å². The van der Waals surface area contributed by atoms with Crippen LogP contribution < -0.4 is 4.74 Å². The molecule has 1 saturated heterocycles. The average molecular weight is 378 g/mol. The van der Waals surface area contributed by atoms with Gasteiger partial charge in [-0.25, -0.2) is 4.98 Å². The fourth-order valence-electron chi connectivity index (χ4n) is 3.14. The molecule has 1 fully saturated rings. The van der Waals surface area contributed by atoms with Crippen molar-refractivity contribution >= 4 is 17.5 Å². The fraction of sp³-hybridized carbons (Fsp3) is 0.474. The number of aliphatic hydroxyl groups is 1. The van der Waals surface area contributed by atoms with Crippen molar-refractivity contribution in [3.05, 3.63) is 47.0 Å². The Morgan fingerprint density at radius 2 is 2.19 bits per heavy atom. The van der Waals surface area contributed by atoms with E-state index in [1.165, 1.54) is 0 Å². The Balaban J connectivity index is 1.61. The molecule has 6 nitrogen and oxygen atoms in total. The zero-order valence-corrected chi connectivity index (χ0v) is 15.9. The molecule has 140 valence electrons. The Morgan fingerprint density at radius 1 is 1.38 bits per heavy atom. The summed E-state index contributed by atoms with van der Waals surface area (Å²) < 4.78 is 7.55.